The summed E-state index contributed by atoms with van der Waals surface area (Å²) in [7, 11) is 0. The Hall–Kier alpha value is -2.90. The van der Waals surface area contributed by atoms with E-state index in [-0.39, 0.29) is 5.82 Å². The van der Waals surface area contributed by atoms with Crippen LogP contribution in [0, 0.1) is 6.92 Å². The van der Waals surface area contributed by atoms with E-state index in [0.717, 1.165) is 24.1 Å². The number of amides is 1. The normalized spacial score (nSPS) is 11.7. The van der Waals surface area contributed by atoms with Crippen molar-refractivity contribution in [3.05, 3.63) is 59.2 Å². The lowest BCUT2D eigenvalue weighted by molar-refractivity contribution is -0.137. The number of anilines is 1. The van der Waals surface area contributed by atoms with Crippen LogP contribution < -0.4 is 5.32 Å². The Morgan fingerprint density at radius 1 is 1.27 bits per heavy atom. The van der Waals surface area contributed by atoms with Crippen molar-refractivity contribution in [2.24, 2.45) is 0 Å². The van der Waals surface area contributed by atoms with Gasteiger partial charge in [0, 0.05) is 12.4 Å². The number of carbonyl (C=O) groups is 1. The Bertz CT molecular complexity index is 945. The van der Waals surface area contributed by atoms with Crippen LogP contribution >= 0.6 is 0 Å². The number of hydrogen-bond acceptors (Lipinski definition) is 3. The van der Waals surface area contributed by atoms with Gasteiger partial charge in [-0.2, -0.15) is 13.2 Å². The number of carbonyl (C=O) groups excluding carboxylic acids is 1. The SMILES string of the molecule is CCCc1nc2c(C)cccn2c1C(=O)Nc1ccc(C(F)(F)F)cn1. The molecule has 0 aliphatic carbocycles. The maximum Gasteiger partial charge on any atom is 0.417 e. The summed E-state index contributed by atoms with van der Waals surface area (Å²) in [5, 5.41) is 2.56. The van der Waals surface area contributed by atoms with Crippen molar-refractivity contribution in [1.29, 1.82) is 0 Å². The molecular weight excluding hydrogens is 345 g/mol. The number of aryl methyl sites for hydroxylation is 2. The number of pyridine rings is 2. The number of alkyl halides is 3. The molecule has 0 aliphatic rings. The van der Waals surface area contributed by atoms with Gasteiger partial charge in [-0.05, 0) is 37.1 Å². The van der Waals surface area contributed by atoms with E-state index in [0.29, 0.717) is 29.7 Å². The summed E-state index contributed by atoms with van der Waals surface area (Å²) < 4.78 is 39.5. The van der Waals surface area contributed by atoms with Gasteiger partial charge in [-0.3, -0.25) is 9.20 Å². The minimum absolute atomic E-state index is 0.0491. The Morgan fingerprint density at radius 3 is 2.65 bits per heavy atom. The van der Waals surface area contributed by atoms with Crippen LogP contribution in [0.15, 0.2) is 36.7 Å². The highest BCUT2D eigenvalue weighted by atomic mass is 19.4. The quantitative estimate of drug-likeness (QED) is 0.754. The zero-order valence-electron chi connectivity index (χ0n) is 14.3. The number of nitrogens with one attached hydrogen (secondary N) is 1. The maximum absolute atomic E-state index is 12.7. The van der Waals surface area contributed by atoms with Crippen LogP contribution in [0.25, 0.3) is 5.65 Å². The van der Waals surface area contributed by atoms with Crippen LogP contribution in [-0.4, -0.2) is 20.3 Å². The molecule has 1 amide bonds. The van der Waals surface area contributed by atoms with E-state index >= 15 is 0 Å². The van der Waals surface area contributed by atoms with E-state index in [2.05, 4.69) is 15.3 Å². The molecule has 8 heteroatoms. The Labute approximate surface area is 147 Å². The summed E-state index contributed by atoms with van der Waals surface area (Å²) in [6.45, 7) is 3.88. The lowest BCUT2D eigenvalue weighted by Gasteiger charge is -2.09. The summed E-state index contributed by atoms with van der Waals surface area (Å²) in [6, 6.07) is 5.73. The van der Waals surface area contributed by atoms with E-state index in [9.17, 15) is 18.0 Å². The number of halogens is 3. The second-order valence-electron chi connectivity index (χ2n) is 5.93. The molecule has 3 aromatic rings. The molecule has 0 atom stereocenters. The van der Waals surface area contributed by atoms with Crippen LogP contribution in [0.5, 0.6) is 0 Å². The first-order valence-corrected chi connectivity index (χ1v) is 8.12. The van der Waals surface area contributed by atoms with Crippen molar-refractivity contribution in [3.8, 4) is 0 Å². The van der Waals surface area contributed by atoms with Crippen molar-refractivity contribution in [3.63, 3.8) is 0 Å². The molecule has 0 bridgehead atoms. The molecule has 3 aromatic heterocycles. The Kier molecular flexibility index (Phi) is 4.67. The second kappa shape index (κ2) is 6.78. The highest BCUT2D eigenvalue weighted by molar-refractivity contribution is 6.04. The number of aromatic nitrogens is 3. The van der Waals surface area contributed by atoms with Gasteiger partial charge in [-0.1, -0.05) is 19.4 Å². The maximum atomic E-state index is 12.7. The van der Waals surface area contributed by atoms with Crippen molar-refractivity contribution in [1.82, 2.24) is 14.4 Å². The van der Waals surface area contributed by atoms with Gasteiger partial charge in [0.2, 0.25) is 0 Å². The molecule has 26 heavy (non-hydrogen) atoms. The van der Waals surface area contributed by atoms with E-state index < -0.39 is 17.6 Å². The molecule has 0 aliphatic heterocycles. The van der Waals surface area contributed by atoms with Gasteiger partial charge in [0.05, 0.1) is 11.3 Å². The third-order valence-corrected chi connectivity index (χ3v) is 3.95. The molecule has 0 unspecified atom stereocenters. The van der Waals surface area contributed by atoms with Crippen LogP contribution in [0.4, 0.5) is 19.0 Å². The molecule has 0 saturated heterocycles. The Balaban J connectivity index is 1.94. The Morgan fingerprint density at radius 2 is 2.04 bits per heavy atom. The van der Waals surface area contributed by atoms with Crippen molar-refractivity contribution >= 4 is 17.4 Å². The molecule has 136 valence electrons. The molecule has 0 radical (unpaired) electrons. The highest BCUT2D eigenvalue weighted by Crippen LogP contribution is 2.29. The molecule has 0 fully saturated rings. The smallest absolute Gasteiger partial charge is 0.305 e. The van der Waals surface area contributed by atoms with Gasteiger partial charge in [-0.15, -0.1) is 0 Å². The van der Waals surface area contributed by atoms with Gasteiger partial charge in [0.25, 0.3) is 5.91 Å². The average Bonchev–Trinajstić information content (AvgIpc) is 2.94. The monoisotopic (exact) mass is 362 g/mol. The zero-order valence-corrected chi connectivity index (χ0v) is 14.3. The molecule has 1 N–H and O–H groups in total. The van der Waals surface area contributed by atoms with Gasteiger partial charge < -0.3 is 5.32 Å². The van der Waals surface area contributed by atoms with Gasteiger partial charge in [0.15, 0.2) is 0 Å². The molecule has 3 heterocycles. The second-order valence-corrected chi connectivity index (χ2v) is 5.93. The first-order chi connectivity index (χ1) is 12.3. The predicted molar refractivity (Wildman–Crippen MR) is 91.1 cm³/mol. The van der Waals surface area contributed by atoms with E-state index in [1.165, 1.54) is 0 Å². The molecule has 3 rings (SSSR count). The van der Waals surface area contributed by atoms with Gasteiger partial charge in [0.1, 0.15) is 17.2 Å². The van der Waals surface area contributed by atoms with E-state index in [1.54, 1.807) is 10.6 Å². The first-order valence-electron chi connectivity index (χ1n) is 8.12. The highest BCUT2D eigenvalue weighted by Gasteiger charge is 2.30. The topological polar surface area (TPSA) is 59.3 Å². The van der Waals surface area contributed by atoms with E-state index in [1.807, 2.05) is 26.0 Å². The van der Waals surface area contributed by atoms with Gasteiger partial charge in [-0.25, -0.2) is 9.97 Å². The van der Waals surface area contributed by atoms with E-state index in [4.69, 9.17) is 0 Å². The lowest BCUT2D eigenvalue weighted by Crippen LogP contribution is -2.17. The third kappa shape index (κ3) is 3.40. The molecule has 0 spiro atoms. The number of nitrogens with zero attached hydrogens (tertiary/aromatic N) is 3. The van der Waals surface area contributed by atoms with Crippen molar-refractivity contribution in [2.45, 2.75) is 32.9 Å². The number of fused-ring (bicyclic) bond motifs is 1. The summed E-state index contributed by atoms with van der Waals surface area (Å²) in [4.78, 5) is 21.0. The molecule has 0 aromatic carbocycles. The average molecular weight is 362 g/mol. The third-order valence-electron chi connectivity index (χ3n) is 3.95. The van der Waals surface area contributed by atoms with Crippen LogP contribution in [0.1, 0.15) is 40.7 Å². The van der Waals surface area contributed by atoms with Crippen molar-refractivity contribution < 1.29 is 18.0 Å². The van der Waals surface area contributed by atoms with Gasteiger partial charge >= 0.3 is 6.18 Å². The zero-order chi connectivity index (χ0) is 18.9. The van der Waals surface area contributed by atoms with Crippen LogP contribution in [-0.2, 0) is 12.6 Å². The summed E-state index contributed by atoms with van der Waals surface area (Å²) in [5.41, 5.74) is 1.75. The minimum Gasteiger partial charge on any atom is -0.305 e. The fourth-order valence-corrected chi connectivity index (χ4v) is 2.71. The largest absolute Gasteiger partial charge is 0.417 e. The van der Waals surface area contributed by atoms with Crippen LogP contribution in [0.2, 0.25) is 0 Å². The predicted octanol–water partition coefficient (Wildman–Crippen LogP) is 4.26. The fourth-order valence-electron chi connectivity index (χ4n) is 2.71. The first kappa shape index (κ1) is 17.9. The lowest BCUT2D eigenvalue weighted by atomic mass is 10.2. The number of imidazole rings is 1. The molecule has 5 nitrogen and oxygen atoms in total. The number of hydrogen-bond donors (Lipinski definition) is 1. The van der Waals surface area contributed by atoms with Crippen LogP contribution in [0.3, 0.4) is 0 Å². The van der Waals surface area contributed by atoms with Crippen molar-refractivity contribution in [2.75, 3.05) is 5.32 Å². The molecular formula is C18H17F3N4O. The standard InChI is InChI=1S/C18H17F3N4O/c1-3-5-13-15(25-9-4-6-11(2)16(25)23-13)17(26)24-14-8-7-12(10-22-14)18(19,20)21/h4,6-10H,3,5H2,1-2H3,(H,22,24,26). The minimum atomic E-state index is -4.47. The number of rotatable bonds is 4. The summed E-state index contributed by atoms with van der Waals surface area (Å²) in [6.07, 6.45) is -0.611. The molecule has 0 saturated carbocycles. The fraction of sp³-hybridized carbons (Fsp3) is 0.278. The summed E-state index contributed by atoms with van der Waals surface area (Å²) >= 11 is 0. The summed E-state index contributed by atoms with van der Waals surface area (Å²) in [5.74, 6) is -0.410.